The minimum absolute atomic E-state index is 0.0495. The largest absolute Gasteiger partial charge is 0.482 e. The molecular weight excluding hydrogens is 402 g/mol. The predicted molar refractivity (Wildman–Crippen MR) is 98.5 cm³/mol. The molecule has 4 amide bonds. The Morgan fingerprint density at radius 3 is 2.86 bits per heavy atom. The van der Waals surface area contributed by atoms with E-state index >= 15 is 0 Å². The van der Waals surface area contributed by atoms with E-state index in [4.69, 9.17) is 9.15 Å². The number of urea groups is 1. The molecule has 2 aromatic rings. The Kier molecular flexibility index (Phi) is 5.16. The van der Waals surface area contributed by atoms with Crippen molar-refractivity contribution in [2.45, 2.75) is 18.2 Å². The topological polar surface area (TPSA) is 144 Å². The van der Waals surface area contributed by atoms with E-state index in [1.54, 1.807) is 18.2 Å². The average Bonchev–Trinajstić information content (AvgIpc) is 3.15. The van der Waals surface area contributed by atoms with E-state index in [-0.39, 0.29) is 60.6 Å². The fraction of sp³-hybridized carbons (Fsp3) is 0.294. The number of nitrogens with zero attached hydrogens (tertiary/aromatic N) is 3. The molecule has 0 atom stereocenters. The third-order valence-electron chi connectivity index (χ3n) is 4.18. The molecular formula is C17H15N5O6S. The molecule has 11 nitrogen and oxygen atoms in total. The summed E-state index contributed by atoms with van der Waals surface area (Å²) in [7, 11) is 0. The lowest BCUT2D eigenvalue weighted by Crippen LogP contribution is -2.48. The molecule has 2 N–H and O–H groups in total. The number of Topliss-reactive ketones (excluding diaryl/α,β-unsaturated/α-hetero) is 1. The number of carbonyl (C=O) groups is 4. The Bertz CT molecular complexity index is 1010. The van der Waals surface area contributed by atoms with Crippen molar-refractivity contribution < 1.29 is 28.3 Å². The van der Waals surface area contributed by atoms with Crippen LogP contribution >= 0.6 is 11.8 Å². The highest BCUT2D eigenvalue weighted by atomic mass is 32.2. The van der Waals surface area contributed by atoms with Crippen molar-refractivity contribution in [2.75, 3.05) is 24.2 Å². The molecule has 29 heavy (non-hydrogen) atoms. The Labute approximate surface area is 168 Å². The minimum Gasteiger partial charge on any atom is -0.482 e. The number of fused-ring (bicyclic) bond motifs is 1. The molecule has 0 radical (unpaired) electrons. The monoisotopic (exact) mass is 417 g/mol. The van der Waals surface area contributed by atoms with Crippen LogP contribution in [0.3, 0.4) is 0 Å². The van der Waals surface area contributed by atoms with E-state index in [1.807, 2.05) is 0 Å². The Hall–Kier alpha value is -3.41. The van der Waals surface area contributed by atoms with Crippen LogP contribution in [0.15, 0.2) is 27.8 Å². The summed E-state index contributed by atoms with van der Waals surface area (Å²) >= 11 is 1.06. The van der Waals surface area contributed by atoms with E-state index in [9.17, 15) is 19.2 Å². The van der Waals surface area contributed by atoms with Crippen LogP contribution in [0.5, 0.6) is 5.75 Å². The molecule has 3 heterocycles. The summed E-state index contributed by atoms with van der Waals surface area (Å²) in [5.74, 6) is -0.0156. The highest BCUT2D eigenvalue weighted by Gasteiger charge is 2.25. The maximum absolute atomic E-state index is 12.4. The van der Waals surface area contributed by atoms with Gasteiger partial charge in [0.05, 0.1) is 11.4 Å². The van der Waals surface area contributed by atoms with Gasteiger partial charge in [-0.05, 0) is 18.2 Å². The molecule has 1 aromatic heterocycles. The van der Waals surface area contributed by atoms with Crippen LogP contribution in [-0.2, 0) is 16.1 Å². The van der Waals surface area contributed by atoms with Gasteiger partial charge in [-0.1, -0.05) is 11.8 Å². The summed E-state index contributed by atoms with van der Waals surface area (Å²) in [5.41, 5.74) is 0.868. The van der Waals surface area contributed by atoms with Crippen molar-refractivity contribution in [3.8, 4) is 5.75 Å². The van der Waals surface area contributed by atoms with Crippen LogP contribution in [0.1, 0.15) is 22.7 Å². The van der Waals surface area contributed by atoms with Gasteiger partial charge >= 0.3 is 6.03 Å². The standard InChI is InChI=1S/C17H15N5O6S/c23-11(9-1-2-12-10(5-9)18-14(25)7-27-12)8-29-17-21-20-15(28-17)6-22-4-3-13(24)19-16(22)26/h1-2,5H,3-4,6-8H2,(H,18,25)(H,19,24,26). The summed E-state index contributed by atoms with van der Waals surface area (Å²) in [6, 6.07) is 4.30. The number of nitrogens with one attached hydrogen (secondary N) is 2. The molecule has 0 saturated carbocycles. The van der Waals surface area contributed by atoms with Gasteiger partial charge in [0.2, 0.25) is 11.8 Å². The maximum atomic E-state index is 12.4. The Morgan fingerprint density at radius 1 is 1.17 bits per heavy atom. The lowest BCUT2D eigenvalue weighted by molar-refractivity contribution is -0.121. The molecule has 1 fully saturated rings. The zero-order valence-corrected chi connectivity index (χ0v) is 15.8. The number of ketones is 1. The Balaban J connectivity index is 1.33. The number of ether oxygens (including phenoxy) is 1. The maximum Gasteiger partial charge on any atom is 0.324 e. The number of hydrogen-bond acceptors (Lipinski definition) is 9. The van der Waals surface area contributed by atoms with Crippen molar-refractivity contribution in [1.29, 1.82) is 0 Å². The smallest absolute Gasteiger partial charge is 0.324 e. The molecule has 1 aromatic carbocycles. The predicted octanol–water partition coefficient (Wildman–Crippen LogP) is 0.817. The van der Waals surface area contributed by atoms with Gasteiger partial charge in [-0.2, -0.15) is 0 Å². The van der Waals surface area contributed by atoms with Gasteiger partial charge in [0.1, 0.15) is 12.3 Å². The number of amides is 4. The third kappa shape index (κ3) is 4.37. The molecule has 4 rings (SSSR count). The van der Waals surface area contributed by atoms with Crippen LogP contribution in [0, 0.1) is 0 Å². The first-order valence-corrected chi connectivity index (χ1v) is 9.60. The first kappa shape index (κ1) is 18.9. The number of carbonyl (C=O) groups excluding carboxylic acids is 4. The zero-order chi connectivity index (χ0) is 20.4. The fourth-order valence-electron chi connectivity index (χ4n) is 2.74. The van der Waals surface area contributed by atoms with Gasteiger partial charge in [-0.15, -0.1) is 10.2 Å². The van der Waals surface area contributed by atoms with E-state index in [2.05, 4.69) is 20.8 Å². The molecule has 12 heteroatoms. The molecule has 0 unspecified atom stereocenters. The van der Waals surface area contributed by atoms with Crippen LogP contribution in [0.25, 0.3) is 0 Å². The number of anilines is 1. The highest BCUT2D eigenvalue weighted by molar-refractivity contribution is 7.99. The van der Waals surface area contributed by atoms with Gasteiger partial charge < -0.3 is 19.4 Å². The summed E-state index contributed by atoms with van der Waals surface area (Å²) in [5, 5.41) is 12.8. The van der Waals surface area contributed by atoms with Gasteiger partial charge in [-0.25, -0.2) is 4.79 Å². The van der Waals surface area contributed by atoms with Crippen LogP contribution in [0.4, 0.5) is 10.5 Å². The van der Waals surface area contributed by atoms with Gasteiger partial charge in [-0.3, -0.25) is 19.7 Å². The van der Waals surface area contributed by atoms with Crippen LogP contribution < -0.4 is 15.4 Å². The molecule has 150 valence electrons. The van der Waals surface area contributed by atoms with Crippen molar-refractivity contribution in [1.82, 2.24) is 20.4 Å². The first-order valence-electron chi connectivity index (χ1n) is 8.62. The van der Waals surface area contributed by atoms with E-state index in [0.717, 1.165) is 11.8 Å². The zero-order valence-electron chi connectivity index (χ0n) is 15.0. The van der Waals surface area contributed by atoms with Gasteiger partial charge in [0.25, 0.3) is 11.1 Å². The lowest BCUT2D eigenvalue weighted by Gasteiger charge is -2.24. The van der Waals surface area contributed by atoms with Crippen molar-refractivity contribution >= 4 is 41.1 Å². The summed E-state index contributed by atoms with van der Waals surface area (Å²) < 4.78 is 10.7. The summed E-state index contributed by atoms with van der Waals surface area (Å²) in [4.78, 5) is 48.1. The second-order valence-electron chi connectivity index (χ2n) is 6.25. The van der Waals surface area contributed by atoms with Crippen molar-refractivity contribution in [3.05, 3.63) is 29.7 Å². The highest BCUT2D eigenvalue weighted by Crippen LogP contribution is 2.29. The lowest BCUT2D eigenvalue weighted by atomic mass is 10.1. The number of imide groups is 1. The number of rotatable bonds is 6. The van der Waals surface area contributed by atoms with Crippen molar-refractivity contribution in [3.63, 3.8) is 0 Å². The molecule has 0 bridgehead atoms. The summed E-state index contributed by atoms with van der Waals surface area (Å²) in [6.07, 6.45) is 0.211. The summed E-state index contributed by atoms with van der Waals surface area (Å²) in [6.45, 7) is 0.294. The van der Waals surface area contributed by atoms with E-state index in [0.29, 0.717) is 17.0 Å². The van der Waals surface area contributed by atoms with Gasteiger partial charge in [0.15, 0.2) is 12.4 Å². The van der Waals surface area contributed by atoms with Crippen molar-refractivity contribution in [2.24, 2.45) is 0 Å². The molecule has 0 aliphatic carbocycles. The minimum atomic E-state index is -0.507. The average molecular weight is 417 g/mol. The molecule has 1 saturated heterocycles. The van der Waals surface area contributed by atoms with Crippen LogP contribution in [0.2, 0.25) is 0 Å². The number of thioether (sulfide) groups is 1. The van der Waals surface area contributed by atoms with Crippen LogP contribution in [-0.4, -0.2) is 57.6 Å². The SMILES string of the molecule is O=C1CCN(Cc2nnc(SCC(=O)c3ccc4c(c3)NC(=O)CO4)o2)C(=O)N1. The number of aromatic nitrogens is 2. The number of benzene rings is 1. The second-order valence-corrected chi connectivity index (χ2v) is 7.17. The Morgan fingerprint density at radius 2 is 2.03 bits per heavy atom. The van der Waals surface area contributed by atoms with Gasteiger partial charge in [0, 0.05) is 18.5 Å². The fourth-order valence-corrected chi connectivity index (χ4v) is 3.42. The normalized spacial score (nSPS) is 16.0. The molecule has 0 spiro atoms. The van der Waals surface area contributed by atoms with E-state index < -0.39 is 6.03 Å². The molecule has 2 aliphatic rings. The third-order valence-corrected chi connectivity index (χ3v) is 5.00. The molecule has 2 aliphatic heterocycles. The number of hydrogen-bond donors (Lipinski definition) is 2. The second kappa shape index (κ2) is 7.91. The quantitative estimate of drug-likeness (QED) is 0.515. The first-order chi connectivity index (χ1) is 14.0. The van der Waals surface area contributed by atoms with E-state index in [1.165, 1.54) is 4.90 Å².